The van der Waals surface area contributed by atoms with Crippen LogP contribution in [0.1, 0.15) is 38.8 Å². The first-order chi connectivity index (χ1) is 21.9. The van der Waals surface area contributed by atoms with Gasteiger partial charge in [-0.1, -0.05) is 90.5 Å². The fourth-order valence-electron chi connectivity index (χ4n) is 4.99. The molecule has 0 unspecified atom stereocenters. The van der Waals surface area contributed by atoms with Gasteiger partial charge in [-0.3, -0.25) is 13.9 Å². The molecule has 8 nitrogen and oxygen atoms in total. The van der Waals surface area contributed by atoms with E-state index in [1.54, 1.807) is 73.7 Å². The summed E-state index contributed by atoms with van der Waals surface area (Å²) in [4.78, 5) is 30.1. The fourth-order valence-corrected chi connectivity index (χ4v) is 6.63. The molecular weight excluding hydrogens is 622 g/mol. The van der Waals surface area contributed by atoms with Crippen LogP contribution in [0.25, 0.3) is 0 Å². The number of rotatable bonds is 13. The van der Waals surface area contributed by atoms with Crippen LogP contribution in [0.4, 0.5) is 5.69 Å². The Morgan fingerprint density at radius 1 is 0.848 bits per heavy atom. The van der Waals surface area contributed by atoms with E-state index < -0.39 is 34.1 Å². The Balaban J connectivity index is 1.85. The third-order valence-corrected chi connectivity index (χ3v) is 9.25. The molecule has 4 aromatic rings. The van der Waals surface area contributed by atoms with Crippen molar-refractivity contribution in [3.8, 4) is 5.75 Å². The minimum absolute atomic E-state index is 0.0121. The van der Waals surface area contributed by atoms with Gasteiger partial charge < -0.3 is 15.0 Å². The van der Waals surface area contributed by atoms with E-state index in [1.807, 2.05) is 51.1 Å². The summed E-state index contributed by atoms with van der Waals surface area (Å²) < 4.78 is 35.3. The van der Waals surface area contributed by atoms with Crippen molar-refractivity contribution in [2.75, 3.05) is 17.5 Å². The van der Waals surface area contributed by atoms with Crippen LogP contribution in [0.3, 0.4) is 0 Å². The van der Waals surface area contributed by atoms with Crippen molar-refractivity contribution in [3.63, 3.8) is 0 Å². The lowest BCUT2D eigenvalue weighted by molar-refractivity contribution is -0.140. The molecule has 46 heavy (non-hydrogen) atoms. The van der Waals surface area contributed by atoms with Crippen LogP contribution in [-0.2, 0) is 32.6 Å². The maximum atomic E-state index is 14.6. The fraction of sp³-hybridized carbons (Fsp3) is 0.278. The Morgan fingerprint density at radius 2 is 1.43 bits per heavy atom. The lowest BCUT2D eigenvalue weighted by Gasteiger charge is -2.35. The molecule has 0 aliphatic carbocycles. The van der Waals surface area contributed by atoms with Crippen LogP contribution in [0.2, 0.25) is 5.02 Å². The molecule has 0 aliphatic heterocycles. The Morgan fingerprint density at radius 3 is 2.07 bits per heavy atom. The lowest BCUT2D eigenvalue weighted by Crippen LogP contribution is -2.56. The van der Waals surface area contributed by atoms with Crippen molar-refractivity contribution in [3.05, 3.63) is 125 Å². The van der Waals surface area contributed by atoms with E-state index in [9.17, 15) is 18.0 Å². The summed E-state index contributed by atoms with van der Waals surface area (Å²) in [6, 6.07) is 30.1. The summed E-state index contributed by atoms with van der Waals surface area (Å²) in [5, 5.41) is 3.45. The van der Waals surface area contributed by atoms with Crippen molar-refractivity contribution in [1.29, 1.82) is 0 Å². The monoisotopic (exact) mass is 661 g/mol. The number of nitrogens with one attached hydrogen (secondary N) is 1. The first-order valence-corrected chi connectivity index (χ1v) is 16.9. The summed E-state index contributed by atoms with van der Waals surface area (Å²) in [5.74, 6) is -0.652. The predicted molar refractivity (Wildman–Crippen MR) is 182 cm³/mol. The van der Waals surface area contributed by atoms with Gasteiger partial charge >= 0.3 is 0 Å². The second kappa shape index (κ2) is 15.3. The highest BCUT2D eigenvalue weighted by atomic mass is 35.5. The van der Waals surface area contributed by atoms with Crippen LogP contribution >= 0.6 is 11.6 Å². The van der Waals surface area contributed by atoms with E-state index in [1.165, 1.54) is 17.0 Å². The maximum absolute atomic E-state index is 14.6. The number of ether oxygens (including phenoxy) is 1. The highest BCUT2D eigenvalue weighted by molar-refractivity contribution is 7.92. The maximum Gasteiger partial charge on any atom is 0.264 e. The Labute approximate surface area is 277 Å². The van der Waals surface area contributed by atoms with Gasteiger partial charge in [-0.25, -0.2) is 8.42 Å². The molecule has 4 rings (SSSR count). The summed E-state index contributed by atoms with van der Waals surface area (Å²) in [7, 11) is -4.26. The average Bonchev–Trinajstić information content (AvgIpc) is 3.03. The number of anilines is 1. The number of hydrogen-bond acceptors (Lipinski definition) is 5. The van der Waals surface area contributed by atoms with Crippen LogP contribution in [0.5, 0.6) is 5.75 Å². The summed E-state index contributed by atoms with van der Waals surface area (Å²) in [6.45, 7) is 7.05. The molecule has 0 heterocycles. The molecule has 0 bridgehead atoms. The normalized spacial score (nSPS) is 12.2. The van der Waals surface area contributed by atoms with Crippen LogP contribution in [-0.4, -0.2) is 49.9 Å². The summed E-state index contributed by atoms with van der Waals surface area (Å²) >= 11 is 6.57. The molecule has 0 spiro atoms. The third kappa shape index (κ3) is 8.89. The van der Waals surface area contributed by atoms with Crippen molar-refractivity contribution in [2.24, 2.45) is 0 Å². The van der Waals surface area contributed by atoms with E-state index in [-0.39, 0.29) is 36.1 Å². The first kappa shape index (κ1) is 34.5. The largest absolute Gasteiger partial charge is 0.492 e. The molecule has 0 saturated carbocycles. The van der Waals surface area contributed by atoms with Gasteiger partial charge in [0.1, 0.15) is 18.3 Å². The molecule has 0 saturated heterocycles. The third-order valence-electron chi connectivity index (χ3n) is 7.11. The Hall–Kier alpha value is -4.34. The molecule has 0 fully saturated rings. The second-order valence-electron chi connectivity index (χ2n) is 11.8. The number of hydrogen-bond donors (Lipinski definition) is 1. The van der Waals surface area contributed by atoms with Gasteiger partial charge in [0.25, 0.3) is 10.0 Å². The summed E-state index contributed by atoms with van der Waals surface area (Å²) in [6.07, 6.45) is 0.194. The standard InChI is InChI=1S/C36H40ClN3O5S/c1-5-45-33-23-15-14-22-31(33)40(46(43,44)29-19-10-7-11-20-29)26-34(41)39(25-28-18-12-13-21-30(28)37)32(35(42)38-36(2,3)4)24-27-16-8-6-9-17-27/h6-23,32H,5,24-26H2,1-4H3,(H,38,42)/t32-/m0/s1. The van der Waals surface area contributed by atoms with Crippen LogP contribution in [0.15, 0.2) is 114 Å². The zero-order valence-electron chi connectivity index (χ0n) is 26.5. The number of nitrogens with zero attached hydrogens (tertiary/aromatic N) is 2. The molecule has 0 aliphatic rings. The van der Waals surface area contributed by atoms with Gasteiger partial charge in [0.15, 0.2) is 0 Å². The zero-order chi connectivity index (χ0) is 33.3. The molecule has 242 valence electrons. The van der Waals surface area contributed by atoms with Gasteiger partial charge in [0.2, 0.25) is 11.8 Å². The average molecular weight is 662 g/mol. The smallest absolute Gasteiger partial charge is 0.264 e. The van der Waals surface area contributed by atoms with E-state index in [4.69, 9.17) is 16.3 Å². The quantitative estimate of drug-likeness (QED) is 0.177. The van der Waals surface area contributed by atoms with Crippen molar-refractivity contribution >= 4 is 39.1 Å². The molecule has 0 radical (unpaired) electrons. The molecule has 4 aromatic carbocycles. The number of sulfonamides is 1. The number of halogens is 1. The number of para-hydroxylation sites is 2. The van der Waals surface area contributed by atoms with Crippen LogP contribution in [0, 0.1) is 0 Å². The predicted octanol–water partition coefficient (Wildman–Crippen LogP) is 6.49. The minimum atomic E-state index is -4.26. The van der Waals surface area contributed by atoms with E-state index in [2.05, 4.69) is 5.32 Å². The van der Waals surface area contributed by atoms with E-state index >= 15 is 0 Å². The van der Waals surface area contributed by atoms with Crippen molar-refractivity contribution < 1.29 is 22.7 Å². The highest BCUT2D eigenvalue weighted by Gasteiger charge is 2.36. The Bertz CT molecular complexity index is 1730. The minimum Gasteiger partial charge on any atom is -0.492 e. The van der Waals surface area contributed by atoms with Gasteiger partial charge in [-0.15, -0.1) is 0 Å². The first-order valence-electron chi connectivity index (χ1n) is 15.1. The molecule has 0 aromatic heterocycles. The second-order valence-corrected chi connectivity index (χ2v) is 14.1. The van der Waals surface area contributed by atoms with E-state index in [0.29, 0.717) is 16.3 Å². The summed E-state index contributed by atoms with van der Waals surface area (Å²) in [5.41, 5.74) is 1.07. The number of amides is 2. The van der Waals surface area contributed by atoms with Crippen molar-refractivity contribution in [2.45, 2.75) is 57.1 Å². The molecular formula is C36H40ClN3O5S. The SMILES string of the molecule is CCOc1ccccc1N(CC(=O)N(Cc1ccccc1Cl)[C@@H](Cc1ccccc1)C(=O)NC(C)(C)C)S(=O)(=O)c1ccccc1. The topological polar surface area (TPSA) is 96.0 Å². The molecule has 1 atom stereocenters. The van der Waals surface area contributed by atoms with Gasteiger partial charge in [-0.2, -0.15) is 0 Å². The number of benzene rings is 4. The number of carbonyl (C=O) groups is 2. The van der Waals surface area contributed by atoms with Gasteiger partial charge in [-0.05, 0) is 69.2 Å². The van der Waals surface area contributed by atoms with E-state index in [0.717, 1.165) is 9.87 Å². The highest BCUT2D eigenvalue weighted by Crippen LogP contribution is 2.33. The lowest BCUT2D eigenvalue weighted by atomic mass is 10.0. The van der Waals surface area contributed by atoms with Crippen LogP contribution < -0.4 is 14.4 Å². The number of carbonyl (C=O) groups excluding carboxylic acids is 2. The zero-order valence-corrected chi connectivity index (χ0v) is 28.1. The van der Waals surface area contributed by atoms with Crippen molar-refractivity contribution in [1.82, 2.24) is 10.2 Å². The molecule has 1 N–H and O–H groups in total. The molecule has 10 heteroatoms. The van der Waals surface area contributed by atoms with Gasteiger partial charge in [0.05, 0.1) is 17.2 Å². The molecule has 2 amide bonds. The van der Waals surface area contributed by atoms with Gasteiger partial charge in [0, 0.05) is 23.5 Å². The Kier molecular flexibility index (Phi) is 11.5.